The number of methoxy groups -OCH3 is 1. The largest absolute Gasteiger partial charge is 0.388 e. The summed E-state index contributed by atoms with van der Waals surface area (Å²) in [5, 5.41) is 16.4. The highest BCUT2D eigenvalue weighted by Gasteiger charge is 2.47. The summed E-state index contributed by atoms with van der Waals surface area (Å²) in [4.78, 5) is 16.7. The minimum absolute atomic E-state index is 0.0191. The molecule has 0 aliphatic carbocycles. The maximum absolute atomic E-state index is 12.8. The molecule has 0 spiro atoms. The van der Waals surface area contributed by atoms with Crippen LogP contribution in [0.2, 0.25) is 0 Å². The SMILES string of the molecule is CO[C@H]1[C@H](O)[C@@H](COCc2ccc3ccccc3c2)OC(OCCc2ccccc2)[C@@H]1NC(=O)CCCN=C(N)N. The number of benzene rings is 3. The van der Waals surface area contributed by atoms with Crippen molar-refractivity contribution in [3.05, 3.63) is 83.9 Å². The van der Waals surface area contributed by atoms with E-state index in [0.29, 0.717) is 32.6 Å². The zero-order valence-electron chi connectivity index (χ0n) is 23.4. The number of amides is 1. The monoisotopic (exact) mass is 564 g/mol. The summed E-state index contributed by atoms with van der Waals surface area (Å²) < 4.78 is 24.0. The average Bonchev–Trinajstić information content (AvgIpc) is 2.98. The molecule has 10 nitrogen and oxygen atoms in total. The zero-order valence-corrected chi connectivity index (χ0v) is 23.4. The molecule has 1 amide bonds. The second kappa shape index (κ2) is 15.5. The molecule has 10 heteroatoms. The molecule has 220 valence electrons. The number of hydrogen-bond acceptors (Lipinski definition) is 7. The summed E-state index contributed by atoms with van der Waals surface area (Å²) in [5.74, 6) is -0.268. The molecule has 1 unspecified atom stereocenters. The molecular formula is C31H40N4O6. The van der Waals surface area contributed by atoms with E-state index in [1.54, 1.807) is 0 Å². The highest BCUT2D eigenvalue weighted by molar-refractivity contribution is 5.83. The lowest BCUT2D eigenvalue weighted by molar-refractivity contribution is -0.276. The van der Waals surface area contributed by atoms with Crippen LogP contribution < -0.4 is 16.8 Å². The van der Waals surface area contributed by atoms with Crippen molar-refractivity contribution < 1.29 is 28.8 Å². The number of nitrogens with two attached hydrogens (primary N) is 2. The fourth-order valence-electron chi connectivity index (χ4n) is 4.90. The van der Waals surface area contributed by atoms with Crippen LogP contribution in [0, 0.1) is 0 Å². The number of aliphatic hydroxyl groups excluding tert-OH is 1. The summed E-state index contributed by atoms with van der Waals surface area (Å²) in [6.07, 6.45) is -2.11. The van der Waals surface area contributed by atoms with Crippen molar-refractivity contribution in [2.75, 3.05) is 26.9 Å². The summed E-state index contributed by atoms with van der Waals surface area (Å²) in [5.41, 5.74) is 12.8. The van der Waals surface area contributed by atoms with Crippen LogP contribution in [-0.4, -0.2) is 74.5 Å². The predicted octanol–water partition coefficient (Wildman–Crippen LogP) is 2.25. The minimum Gasteiger partial charge on any atom is -0.388 e. The molecule has 5 atom stereocenters. The van der Waals surface area contributed by atoms with Crippen LogP contribution in [-0.2, 0) is 36.8 Å². The van der Waals surface area contributed by atoms with Gasteiger partial charge < -0.3 is 40.8 Å². The summed E-state index contributed by atoms with van der Waals surface area (Å²) in [7, 11) is 1.49. The van der Waals surface area contributed by atoms with E-state index in [1.165, 1.54) is 7.11 Å². The van der Waals surface area contributed by atoms with Crippen LogP contribution in [0.4, 0.5) is 0 Å². The van der Waals surface area contributed by atoms with E-state index in [4.69, 9.17) is 30.4 Å². The fourth-order valence-corrected chi connectivity index (χ4v) is 4.90. The Hall–Kier alpha value is -3.54. The molecule has 0 aromatic heterocycles. The van der Waals surface area contributed by atoms with Crippen LogP contribution in [0.5, 0.6) is 0 Å². The van der Waals surface area contributed by atoms with Crippen molar-refractivity contribution in [2.45, 2.75) is 56.5 Å². The van der Waals surface area contributed by atoms with Gasteiger partial charge in [0, 0.05) is 20.1 Å². The second-order valence-electron chi connectivity index (χ2n) is 10.0. The first-order valence-corrected chi connectivity index (χ1v) is 13.9. The van der Waals surface area contributed by atoms with Crippen molar-refractivity contribution in [3.8, 4) is 0 Å². The van der Waals surface area contributed by atoms with Gasteiger partial charge in [-0.1, -0.05) is 66.7 Å². The van der Waals surface area contributed by atoms with Gasteiger partial charge in [-0.15, -0.1) is 0 Å². The van der Waals surface area contributed by atoms with Crippen molar-refractivity contribution in [3.63, 3.8) is 0 Å². The van der Waals surface area contributed by atoms with Crippen LogP contribution >= 0.6 is 0 Å². The number of rotatable bonds is 14. The molecule has 1 heterocycles. The van der Waals surface area contributed by atoms with Crippen LogP contribution in [0.1, 0.15) is 24.0 Å². The predicted molar refractivity (Wildman–Crippen MR) is 157 cm³/mol. The highest BCUT2D eigenvalue weighted by Crippen LogP contribution is 2.26. The van der Waals surface area contributed by atoms with Crippen LogP contribution in [0.25, 0.3) is 10.8 Å². The number of aliphatic imine (C=N–C) groups is 1. The second-order valence-corrected chi connectivity index (χ2v) is 10.0. The lowest BCUT2D eigenvalue weighted by Crippen LogP contribution is -2.65. The Bertz CT molecular complexity index is 1270. The number of nitrogens with zero attached hydrogens (tertiary/aromatic N) is 1. The smallest absolute Gasteiger partial charge is 0.220 e. The molecule has 0 radical (unpaired) electrons. The third kappa shape index (κ3) is 8.97. The molecule has 1 aliphatic rings. The number of aliphatic hydroxyl groups is 1. The van der Waals surface area contributed by atoms with Crippen molar-refractivity contribution in [1.29, 1.82) is 0 Å². The third-order valence-corrected chi connectivity index (χ3v) is 7.01. The molecular weight excluding hydrogens is 524 g/mol. The molecule has 41 heavy (non-hydrogen) atoms. The zero-order chi connectivity index (χ0) is 29.0. The average molecular weight is 565 g/mol. The van der Waals surface area contributed by atoms with Gasteiger partial charge in [0.15, 0.2) is 12.2 Å². The first-order valence-electron chi connectivity index (χ1n) is 13.9. The van der Waals surface area contributed by atoms with Crippen molar-refractivity contribution in [2.24, 2.45) is 16.5 Å². The standard InChI is InChI=1S/C31H40N4O6/c1-38-29-27(35-26(36)12-7-16-34-31(32)33)30(40-17-15-21-8-3-2-4-9-21)41-25(28(29)37)20-39-19-22-13-14-23-10-5-6-11-24(23)18-22/h2-6,8-11,13-14,18,25,27-30,37H,7,12,15-17,19-20H2,1H3,(H,35,36)(H4,32,33,34)/t25-,27-,28-,29-,30?/m1/s1. The molecule has 3 aromatic carbocycles. The number of guanidine groups is 1. The number of carbonyl (C=O) groups excluding carboxylic acids is 1. The van der Waals surface area contributed by atoms with E-state index >= 15 is 0 Å². The van der Waals surface area contributed by atoms with Crippen LogP contribution in [0.15, 0.2) is 77.8 Å². The number of hydrogen-bond donors (Lipinski definition) is 4. The lowest BCUT2D eigenvalue weighted by Gasteiger charge is -2.44. The van der Waals surface area contributed by atoms with E-state index in [1.807, 2.05) is 48.5 Å². The maximum Gasteiger partial charge on any atom is 0.220 e. The normalized spacial score (nSPS) is 22.3. The number of carbonyl (C=O) groups is 1. The molecule has 1 saturated heterocycles. The Labute approximate surface area is 240 Å². The molecule has 1 fully saturated rings. The number of fused-ring (bicyclic) bond motifs is 1. The fraction of sp³-hybridized carbons (Fsp3) is 0.419. The van der Waals surface area contributed by atoms with Gasteiger partial charge in [-0.3, -0.25) is 9.79 Å². The van der Waals surface area contributed by atoms with E-state index in [2.05, 4.69) is 34.6 Å². The molecule has 0 saturated carbocycles. The Kier molecular flexibility index (Phi) is 11.5. The van der Waals surface area contributed by atoms with Gasteiger partial charge in [-0.05, 0) is 40.8 Å². The van der Waals surface area contributed by atoms with E-state index in [0.717, 1.165) is 21.9 Å². The van der Waals surface area contributed by atoms with Gasteiger partial charge in [0.05, 0.1) is 19.8 Å². The van der Waals surface area contributed by atoms with Gasteiger partial charge in [-0.25, -0.2) is 0 Å². The topological polar surface area (TPSA) is 151 Å². The Morgan fingerprint density at radius 2 is 1.78 bits per heavy atom. The minimum atomic E-state index is -1.06. The van der Waals surface area contributed by atoms with Gasteiger partial charge >= 0.3 is 0 Å². The molecule has 0 bridgehead atoms. The highest BCUT2D eigenvalue weighted by atomic mass is 16.7. The Morgan fingerprint density at radius 3 is 2.54 bits per heavy atom. The van der Waals surface area contributed by atoms with E-state index in [9.17, 15) is 9.90 Å². The third-order valence-electron chi connectivity index (χ3n) is 7.01. The lowest BCUT2D eigenvalue weighted by atomic mass is 9.96. The first-order chi connectivity index (χ1) is 19.9. The molecule has 4 rings (SSSR count). The molecule has 3 aromatic rings. The summed E-state index contributed by atoms with van der Waals surface area (Å²) in [6.45, 7) is 1.15. The van der Waals surface area contributed by atoms with Gasteiger partial charge in [-0.2, -0.15) is 0 Å². The first kappa shape index (κ1) is 30.4. The van der Waals surface area contributed by atoms with Gasteiger partial charge in [0.25, 0.3) is 0 Å². The quantitative estimate of drug-likeness (QED) is 0.132. The van der Waals surface area contributed by atoms with Gasteiger partial charge in [0.1, 0.15) is 24.4 Å². The van der Waals surface area contributed by atoms with E-state index in [-0.39, 0.29) is 24.9 Å². The van der Waals surface area contributed by atoms with E-state index < -0.39 is 30.6 Å². The van der Waals surface area contributed by atoms with Crippen LogP contribution in [0.3, 0.4) is 0 Å². The van der Waals surface area contributed by atoms with Gasteiger partial charge in [0.2, 0.25) is 5.91 Å². The maximum atomic E-state index is 12.8. The Morgan fingerprint density at radius 1 is 1.02 bits per heavy atom. The summed E-state index contributed by atoms with van der Waals surface area (Å²) >= 11 is 0. The number of nitrogens with one attached hydrogen (secondary N) is 1. The molecule has 6 N–H and O–H groups in total. The molecule has 1 aliphatic heterocycles. The van der Waals surface area contributed by atoms with Crippen molar-refractivity contribution >= 4 is 22.6 Å². The summed E-state index contributed by atoms with van der Waals surface area (Å²) in [6, 6.07) is 23.5. The Balaban J connectivity index is 1.39. The van der Waals surface area contributed by atoms with Crippen molar-refractivity contribution in [1.82, 2.24) is 5.32 Å². The number of ether oxygens (including phenoxy) is 4.